The summed E-state index contributed by atoms with van der Waals surface area (Å²) >= 11 is 0. The van der Waals surface area contributed by atoms with Gasteiger partial charge in [0, 0.05) is 24.2 Å². The second kappa shape index (κ2) is 9.47. The number of carboxylic acids is 2. The average Bonchev–Trinajstić information content (AvgIpc) is 2.63. The number of carbonyl (C=O) groups is 3. The van der Waals surface area contributed by atoms with Gasteiger partial charge in [-0.05, 0) is 44.0 Å². The van der Waals surface area contributed by atoms with Gasteiger partial charge in [0.25, 0.3) is 5.91 Å². The van der Waals surface area contributed by atoms with Crippen molar-refractivity contribution in [1.29, 1.82) is 0 Å². The van der Waals surface area contributed by atoms with E-state index >= 15 is 0 Å². The number of rotatable bonds is 10. The zero-order chi connectivity index (χ0) is 19.7. The minimum atomic E-state index is -1.56. The molecular formula is C19H24N2O5. The molecule has 140 valence electrons. The number of hydrogen-bond donors (Lipinski definition) is 3. The van der Waals surface area contributed by atoms with Gasteiger partial charge in [-0.1, -0.05) is 12.8 Å². The van der Waals surface area contributed by atoms with Crippen LogP contribution >= 0.6 is 0 Å². The Labute approximate surface area is 153 Å². The highest BCUT2D eigenvalue weighted by molar-refractivity contribution is 5.98. The summed E-state index contributed by atoms with van der Waals surface area (Å²) in [4.78, 5) is 37.1. The van der Waals surface area contributed by atoms with Crippen molar-refractivity contribution in [3.05, 3.63) is 29.8 Å². The number of likely N-dealkylation sites (N-methyl/N-ethyl adjacent to an activating group) is 1. The molecule has 1 amide bonds. The van der Waals surface area contributed by atoms with Gasteiger partial charge in [-0.2, -0.15) is 0 Å². The molecular weight excluding hydrogens is 336 g/mol. The van der Waals surface area contributed by atoms with E-state index in [0.29, 0.717) is 12.1 Å². The Bertz CT molecular complexity index is 693. The number of nitrogens with one attached hydrogen (secondary N) is 1. The third-order valence-electron chi connectivity index (χ3n) is 4.34. The minimum absolute atomic E-state index is 0.108. The van der Waals surface area contributed by atoms with Crippen molar-refractivity contribution in [2.75, 3.05) is 18.4 Å². The highest BCUT2D eigenvalue weighted by atomic mass is 16.4. The lowest BCUT2D eigenvalue weighted by molar-refractivity contribution is -0.151. The number of nitrogens with zero attached hydrogens (tertiary/aromatic N) is 1. The van der Waals surface area contributed by atoms with Crippen molar-refractivity contribution in [3.8, 4) is 12.3 Å². The van der Waals surface area contributed by atoms with Crippen LogP contribution in [-0.4, -0.2) is 51.6 Å². The maximum Gasteiger partial charge on any atom is 0.329 e. The minimum Gasteiger partial charge on any atom is -0.481 e. The van der Waals surface area contributed by atoms with Crippen LogP contribution in [0.3, 0.4) is 0 Å². The number of benzene rings is 1. The molecule has 0 aromatic heterocycles. The summed E-state index contributed by atoms with van der Waals surface area (Å²) in [5.41, 5.74) is -0.495. The molecule has 1 aromatic carbocycles. The number of aliphatic carboxylic acids is 2. The van der Waals surface area contributed by atoms with Crippen molar-refractivity contribution in [3.63, 3.8) is 0 Å². The fourth-order valence-electron chi connectivity index (χ4n) is 2.87. The fraction of sp³-hybridized carbons (Fsp3) is 0.421. The number of carboxylic acid groups (broad SMARTS) is 2. The van der Waals surface area contributed by atoms with Gasteiger partial charge in [-0.15, -0.1) is 6.42 Å². The van der Waals surface area contributed by atoms with E-state index in [0.717, 1.165) is 5.69 Å². The van der Waals surface area contributed by atoms with E-state index in [1.165, 1.54) is 4.90 Å². The molecule has 0 aliphatic carbocycles. The molecule has 0 saturated heterocycles. The van der Waals surface area contributed by atoms with Crippen molar-refractivity contribution in [2.45, 2.75) is 38.6 Å². The van der Waals surface area contributed by atoms with Crippen LogP contribution in [0.2, 0.25) is 0 Å². The molecule has 3 N–H and O–H groups in total. The Kier molecular flexibility index (Phi) is 7.66. The summed E-state index contributed by atoms with van der Waals surface area (Å²) in [7, 11) is 0. The molecule has 7 heteroatoms. The predicted molar refractivity (Wildman–Crippen MR) is 98.0 cm³/mol. The average molecular weight is 360 g/mol. The van der Waals surface area contributed by atoms with E-state index in [2.05, 4.69) is 11.2 Å². The third-order valence-corrected chi connectivity index (χ3v) is 4.34. The molecule has 1 rings (SSSR count). The first kappa shape index (κ1) is 21.0. The number of hydrogen-bond acceptors (Lipinski definition) is 4. The van der Waals surface area contributed by atoms with E-state index in [1.54, 1.807) is 38.1 Å². The summed E-state index contributed by atoms with van der Waals surface area (Å²) in [5, 5.41) is 21.7. The fourth-order valence-corrected chi connectivity index (χ4v) is 2.87. The highest BCUT2D eigenvalue weighted by Crippen LogP contribution is 2.28. The van der Waals surface area contributed by atoms with Gasteiger partial charge in [-0.3, -0.25) is 9.59 Å². The molecule has 0 aliphatic heterocycles. The maximum absolute atomic E-state index is 12.9. The molecule has 0 fully saturated rings. The van der Waals surface area contributed by atoms with Crippen LogP contribution in [0.4, 0.5) is 5.69 Å². The van der Waals surface area contributed by atoms with Gasteiger partial charge in [0.2, 0.25) is 0 Å². The first-order chi connectivity index (χ1) is 12.3. The number of amides is 1. The normalized spacial score (nSPS) is 12.5. The van der Waals surface area contributed by atoms with Gasteiger partial charge < -0.3 is 20.4 Å². The lowest BCUT2D eigenvalue weighted by Crippen LogP contribution is -2.57. The molecule has 0 saturated carbocycles. The third kappa shape index (κ3) is 4.76. The Balaban J connectivity index is 3.15. The lowest BCUT2D eigenvalue weighted by Gasteiger charge is -2.39. The zero-order valence-corrected chi connectivity index (χ0v) is 15.0. The first-order valence-corrected chi connectivity index (χ1v) is 8.37. The van der Waals surface area contributed by atoms with Crippen LogP contribution in [0.25, 0.3) is 0 Å². The maximum atomic E-state index is 12.9. The Morgan fingerprint density at radius 2 is 1.81 bits per heavy atom. The van der Waals surface area contributed by atoms with Crippen molar-refractivity contribution in [2.24, 2.45) is 0 Å². The molecule has 1 atom stereocenters. The summed E-state index contributed by atoms with van der Waals surface area (Å²) in [6.07, 6.45) is 4.80. The van der Waals surface area contributed by atoms with Crippen molar-refractivity contribution in [1.82, 2.24) is 4.90 Å². The molecule has 0 radical (unpaired) electrons. The molecule has 1 aromatic rings. The highest BCUT2D eigenvalue weighted by Gasteiger charge is 2.44. The second-order valence-electron chi connectivity index (χ2n) is 5.77. The molecule has 0 heterocycles. The molecule has 7 nitrogen and oxygen atoms in total. The molecule has 0 spiro atoms. The van der Waals surface area contributed by atoms with E-state index in [4.69, 9.17) is 11.5 Å². The first-order valence-electron chi connectivity index (χ1n) is 8.37. The molecule has 0 bridgehead atoms. The van der Waals surface area contributed by atoms with E-state index < -0.39 is 23.4 Å². The van der Waals surface area contributed by atoms with E-state index in [1.807, 2.05) is 0 Å². The van der Waals surface area contributed by atoms with Crippen LogP contribution < -0.4 is 5.32 Å². The topological polar surface area (TPSA) is 107 Å². The van der Waals surface area contributed by atoms with Crippen LogP contribution in [0.5, 0.6) is 0 Å². The number of carbonyl (C=O) groups excluding carboxylic acids is 1. The number of anilines is 1. The largest absolute Gasteiger partial charge is 0.481 e. The van der Waals surface area contributed by atoms with Crippen LogP contribution in [0.1, 0.15) is 43.5 Å². The molecule has 26 heavy (non-hydrogen) atoms. The Morgan fingerprint density at radius 3 is 2.23 bits per heavy atom. The van der Waals surface area contributed by atoms with Crippen LogP contribution in [0.15, 0.2) is 24.3 Å². The zero-order valence-electron chi connectivity index (χ0n) is 15.0. The Morgan fingerprint density at radius 1 is 1.19 bits per heavy atom. The van der Waals surface area contributed by atoms with Gasteiger partial charge >= 0.3 is 11.9 Å². The molecule has 0 unspecified atom stereocenters. The smallest absolute Gasteiger partial charge is 0.329 e. The summed E-state index contributed by atoms with van der Waals surface area (Å²) in [6.45, 7) is 3.81. The van der Waals surface area contributed by atoms with Crippen molar-refractivity contribution < 1.29 is 24.6 Å². The Hall–Kier alpha value is -3.01. The van der Waals surface area contributed by atoms with Crippen LogP contribution in [-0.2, 0) is 9.59 Å². The summed E-state index contributed by atoms with van der Waals surface area (Å²) in [6, 6.07) is 6.54. The quantitative estimate of drug-likeness (QED) is 0.553. The van der Waals surface area contributed by atoms with Gasteiger partial charge in [0.15, 0.2) is 0 Å². The van der Waals surface area contributed by atoms with E-state index in [-0.39, 0.29) is 25.8 Å². The summed E-state index contributed by atoms with van der Waals surface area (Å²) < 4.78 is 0. The summed E-state index contributed by atoms with van der Waals surface area (Å²) in [5.74, 6) is -0.314. The standard InChI is InChI=1S/C19H24N2O5/c1-4-13-20-15-9-7-14(8-10-15)17(24)21(6-3)19(5-2,18(25)26)12-11-16(22)23/h1,7-10,20H,5-6,11-13H2,2-3H3,(H,22,23)(H,25,26)/t19-/m0/s1. The van der Waals surface area contributed by atoms with E-state index in [9.17, 15) is 19.5 Å². The monoisotopic (exact) mass is 360 g/mol. The van der Waals surface area contributed by atoms with Gasteiger partial charge in [0.05, 0.1) is 6.54 Å². The second-order valence-corrected chi connectivity index (χ2v) is 5.77. The lowest BCUT2D eigenvalue weighted by atomic mass is 9.87. The van der Waals surface area contributed by atoms with Gasteiger partial charge in [-0.25, -0.2) is 4.79 Å². The SMILES string of the molecule is C#CCNc1ccc(C(=O)N(CC)[C@@](CC)(CCC(=O)O)C(=O)O)cc1. The molecule has 0 aliphatic rings. The predicted octanol–water partition coefficient (Wildman–Crippen LogP) is 2.29. The van der Waals surface area contributed by atoms with Gasteiger partial charge in [0.1, 0.15) is 5.54 Å². The number of terminal acetylenes is 1. The van der Waals surface area contributed by atoms with Crippen molar-refractivity contribution >= 4 is 23.5 Å². The van der Waals surface area contributed by atoms with Crippen LogP contribution in [0, 0.1) is 12.3 Å².